The van der Waals surface area contributed by atoms with Gasteiger partial charge in [0.15, 0.2) is 18.1 Å². The summed E-state index contributed by atoms with van der Waals surface area (Å²) in [6.07, 6.45) is 1.44. The zero-order chi connectivity index (χ0) is 28.0. The molecule has 0 aliphatic carbocycles. The van der Waals surface area contributed by atoms with Crippen molar-refractivity contribution >= 4 is 39.9 Å². The molecule has 3 aromatic rings. The van der Waals surface area contributed by atoms with Crippen LogP contribution < -0.4 is 20.2 Å². The summed E-state index contributed by atoms with van der Waals surface area (Å²) in [6, 6.07) is 20.9. The lowest BCUT2D eigenvalue weighted by atomic mass is 10.0. The molecule has 10 heteroatoms. The smallest absolute Gasteiger partial charge is 0.344 e. The second kappa shape index (κ2) is 15.3. The van der Waals surface area contributed by atoms with Gasteiger partial charge in [-0.1, -0.05) is 48.5 Å². The van der Waals surface area contributed by atoms with Gasteiger partial charge in [0.1, 0.15) is 0 Å². The summed E-state index contributed by atoms with van der Waals surface area (Å²) in [7, 11) is 0. The molecule has 0 heterocycles. The number of hydrogen-bond acceptors (Lipinski definition) is 7. The van der Waals surface area contributed by atoms with Gasteiger partial charge in [0.05, 0.1) is 36.4 Å². The van der Waals surface area contributed by atoms with E-state index in [9.17, 15) is 14.4 Å². The fourth-order valence-corrected chi connectivity index (χ4v) is 4.15. The van der Waals surface area contributed by atoms with Crippen molar-refractivity contribution in [3.8, 4) is 11.5 Å². The number of hydrogen-bond donors (Lipinski definition) is 2. The molecule has 0 aliphatic heterocycles. The summed E-state index contributed by atoms with van der Waals surface area (Å²) in [5.41, 5.74) is 4.43. The molecule has 0 saturated carbocycles. The average molecular weight is 596 g/mol. The first-order valence-corrected chi connectivity index (χ1v) is 13.2. The number of halogens is 1. The Morgan fingerprint density at radius 1 is 0.949 bits per heavy atom. The van der Waals surface area contributed by atoms with E-state index in [4.69, 9.17) is 14.2 Å². The number of rotatable bonds is 13. The number of ether oxygens (including phenoxy) is 3. The molecule has 0 bridgehead atoms. The fraction of sp³-hybridized carbons (Fsp3) is 0.241. The van der Waals surface area contributed by atoms with Crippen LogP contribution >= 0.6 is 15.9 Å². The zero-order valence-corrected chi connectivity index (χ0v) is 23.3. The highest BCUT2D eigenvalue weighted by Gasteiger charge is 2.19. The summed E-state index contributed by atoms with van der Waals surface area (Å²) in [6.45, 7) is 3.90. The number of carbonyl (C=O) groups is 3. The molecule has 2 amide bonds. The molecular formula is C29H30BrN3O6. The zero-order valence-electron chi connectivity index (χ0n) is 21.7. The predicted octanol–water partition coefficient (Wildman–Crippen LogP) is 4.80. The Labute approximate surface area is 235 Å². The monoisotopic (exact) mass is 595 g/mol. The Bertz CT molecular complexity index is 1280. The summed E-state index contributed by atoms with van der Waals surface area (Å²) in [5, 5.41) is 7.00. The number of carbonyl (C=O) groups excluding carboxylic acids is 3. The minimum Gasteiger partial charge on any atom is -0.490 e. The number of amides is 2. The first-order valence-electron chi connectivity index (χ1n) is 12.4. The van der Waals surface area contributed by atoms with Crippen molar-refractivity contribution in [3.05, 3.63) is 94.0 Å². The van der Waals surface area contributed by atoms with E-state index in [1.807, 2.05) is 43.3 Å². The molecule has 1 atom stereocenters. The third-order valence-corrected chi connectivity index (χ3v) is 5.90. The molecule has 0 unspecified atom stereocenters. The van der Waals surface area contributed by atoms with Crippen molar-refractivity contribution in [2.24, 2.45) is 5.10 Å². The van der Waals surface area contributed by atoms with Gasteiger partial charge in [-0.2, -0.15) is 5.10 Å². The number of nitrogens with zero attached hydrogens (tertiary/aromatic N) is 1. The number of benzene rings is 3. The number of esters is 1. The van der Waals surface area contributed by atoms with Gasteiger partial charge >= 0.3 is 5.97 Å². The lowest BCUT2D eigenvalue weighted by Crippen LogP contribution is -2.32. The van der Waals surface area contributed by atoms with Crippen LogP contribution in [0.15, 0.2) is 82.4 Å². The van der Waals surface area contributed by atoms with Crippen molar-refractivity contribution in [3.63, 3.8) is 0 Å². The molecule has 0 radical (unpaired) electrons. The second-order valence-electron chi connectivity index (χ2n) is 8.16. The van der Waals surface area contributed by atoms with Gasteiger partial charge < -0.3 is 19.5 Å². The molecular weight excluding hydrogens is 566 g/mol. The van der Waals surface area contributed by atoms with Gasteiger partial charge in [-0.15, -0.1) is 0 Å². The normalized spacial score (nSPS) is 11.5. The highest BCUT2D eigenvalue weighted by Crippen LogP contribution is 2.36. The molecule has 204 valence electrons. The summed E-state index contributed by atoms with van der Waals surface area (Å²) in [4.78, 5) is 37.2. The van der Waals surface area contributed by atoms with Crippen LogP contribution in [0.5, 0.6) is 11.5 Å². The Morgan fingerprint density at radius 3 is 2.31 bits per heavy atom. The minimum absolute atomic E-state index is 0.0194. The lowest BCUT2D eigenvalue weighted by Gasteiger charge is -2.18. The number of hydrazone groups is 1. The van der Waals surface area contributed by atoms with Gasteiger partial charge in [0.25, 0.3) is 5.91 Å². The predicted molar refractivity (Wildman–Crippen MR) is 151 cm³/mol. The van der Waals surface area contributed by atoms with Gasteiger partial charge in [0.2, 0.25) is 5.91 Å². The Kier molecular flexibility index (Phi) is 11.5. The first kappa shape index (κ1) is 29.4. The van der Waals surface area contributed by atoms with Crippen LogP contribution in [-0.2, 0) is 14.3 Å². The minimum atomic E-state index is -0.552. The first-order chi connectivity index (χ1) is 18.9. The molecule has 0 spiro atoms. The van der Waals surface area contributed by atoms with Crippen LogP contribution in [0.3, 0.4) is 0 Å². The van der Waals surface area contributed by atoms with E-state index in [1.165, 1.54) is 6.21 Å². The summed E-state index contributed by atoms with van der Waals surface area (Å²) < 4.78 is 16.7. The third kappa shape index (κ3) is 9.26. The summed E-state index contributed by atoms with van der Waals surface area (Å²) in [5.74, 6) is -0.400. The maximum atomic E-state index is 12.8. The van der Waals surface area contributed by atoms with E-state index in [-0.39, 0.29) is 31.4 Å². The van der Waals surface area contributed by atoms with E-state index < -0.39 is 12.0 Å². The molecule has 3 rings (SSSR count). The van der Waals surface area contributed by atoms with E-state index in [0.29, 0.717) is 33.7 Å². The highest BCUT2D eigenvalue weighted by atomic mass is 79.9. The molecule has 0 saturated heterocycles. The molecule has 9 nitrogen and oxygen atoms in total. The third-order valence-electron chi connectivity index (χ3n) is 5.31. The van der Waals surface area contributed by atoms with Crippen molar-refractivity contribution in [1.82, 2.24) is 10.7 Å². The average Bonchev–Trinajstić information content (AvgIpc) is 2.93. The van der Waals surface area contributed by atoms with E-state index in [1.54, 1.807) is 43.3 Å². The molecule has 2 N–H and O–H groups in total. The Balaban J connectivity index is 1.67. The SMILES string of the molecule is CCOC(=O)COc1c(Br)cc(/C=N\NC(=O)C[C@H](NC(=O)c2ccccc2)c2ccccc2)cc1OCC. The largest absolute Gasteiger partial charge is 0.490 e. The second-order valence-corrected chi connectivity index (χ2v) is 9.01. The highest BCUT2D eigenvalue weighted by molar-refractivity contribution is 9.10. The fourth-order valence-electron chi connectivity index (χ4n) is 3.58. The van der Waals surface area contributed by atoms with E-state index >= 15 is 0 Å². The summed E-state index contributed by atoms with van der Waals surface area (Å²) >= 11 is 3.43. The molecule has 0 aliphatic rings. The van der Waals surface area contributed by atoms with Crippen LogP contribution in [0.4, 0.5) is 0 Å². The van der Waals surface area contributed by atoms with E-state index in [0.717, 1.165) is 5.56 Å². The van der Waals surface area contributed by atoms with Crippen LogP contribution in [0, 0.1) is 0 Å². The molecule has 0 fully saturated rings. The van der Waals surface area contributed by atoms with Crippen molar-refractivity contribution < 1.29 is 28.6 Å². The van der Waals surface area contributed by atoms with Gasteiger partial charge in [-0.05, 0) is 65.2 Å². The quantitative estimate of drug-likeness (QED) is 0.167. The molecule has 3 aromatic carbocycles. The lowest BCUT2D eigenvalue weighted by molar-refractivity contribution is -0.145. The van der Waals surface area contributed by atoms with Crippen molar-refractivity contribution in [2.75, 3.05) is 19.8 Å². The Hall–Kier alpha value is -4.18. The maximum absolute atomic E-state index is 12.8. The van der Waals surface area contributed by atoms with Crippen molar-refractivity contribution in [2.45, 2.75) is 26.3 Å². The molecule has 0 aromatic heterocycles. The van der Waals surface area contributed by atoms with Gasteiger partial charge in [-0.3, -0.25) is 9.59 Å². The van der Waals surface area contributed by atoms with Crippen LogP contribution in [0.1, 0.15) is 47.8 Å². The standard InChI is InChI=1S/C29H30BrN3O6/c1-3-37-25-16-20(15-23(30)28(25)39-19-27(35)38-4-2)18-31-33-26(34)17-24(21-11-7-5-8-12-21)32-29(36)22-13-9-6-10-14-22/h5-16,18,24H,3-4,17,19H2,1-2H3,(H,32,36)(H,33,34)/b31-18-/t24-/m0/s1. The Morgan fingerprint density at radius 2 is 1.64 bits per heavy atom. The van der Waals surface area contributed by atoms with Gasteiger partial charge in [0, 0.05) is 5.56 Å². The van der Waals surface area contributed by atoms with Crippen molar-refractivity contribution in [1.29, 1.82) is 0 Å². The topological polar surface area (TPSA) is 115 Å². The maximum Gasteiger partial charge on any atom is 0.344 e. The number of nitrogens with one attached hydrogen (secondary N) is 2. The van der Waals surface area contributed by atoms with Gasteiger partial charge in [-0.25, -0.2) is 10.2 Å². The van der Waals surface area contributed by atoms with E-state index in [2.05, 4.69) is 31.8 Å². The van der Waals surface area contributed by atoms with Crippen LogP contribution in [0.2, 0.25) is 0 Å². The molecule has 39 heavy (non-hydrogen) atoms. The van der Waals surface area contributed by atoms with Crippen LogP contribution in [0.25, 0.3) is 0 Å². The van der Waals surface area contributed by atoms with Crippen LogP contribution in [-0.4, -0.2) is 43.8 Å².